The van der Waals surface area contributed by atoms with Crippen LogP contribution in [-0.4, -0.2) is 16.5 Å². The first-order chi connectivity index (χ1) is 10.5. The molecule has 0 fully saturated rings. The molecule has 2 aromatic rings. The highest BCUT2D eigenvalue weighted by Crippen LogP contribution is 2.44. The van der Waals surface area contributed by atoms with Crippen molar-refractivity contribution in [3.05, 3.63) is 47.5 Å². The summed E-state index contributed by atoms with van der Waals surface area (Å²) in [5.74, 6) is 0.306. The molecule has 0 spiro atoms. The maximum Gasteiger partial charge on any atom is 0.338 e. The van der Waals surface area contributed by atoms with Crippen molar-refractivity contribution in [1.29, 1.82) is 0 Å². The third kappa shape index (κ3) is 2.46. The van der Waals surface area contributed by atoms with Gasteiger partial charge >= 0.3 is 5.97 Å². The zero-order valence-corrected chi connectivity index (χ0v) is 13.1. The second-order valence-corrected chi connectivity index (χ2v) is 6.31. The fraction of sp³-hybridized carbons (Fsp3) is 0.278. The maximum absolute atomic E-state index is 12.0. The number of carbonyl (C=O) groups excluding carboxylic acids is 1. The van der Waals surface area contributed by atoms with Crippen molar-refractivity contribution in [2.24, 2.45) is 0 Å². The van der Waals surface area contributed by atoms with Gasteiger partial charge in [0, 0.05) is 32.8 Å². The number of phenolic OH excluding ortho intramolecular Hbond substituents is 1. The van der Waals surface area contributed by atoms with Gasteiger partial charge in [-0.1, -0.05) is 30.8 Å². The van der Waals surface area contributed by atoms with E-state index < -0.39 is 5.97 Å². The Morgan fingerprint density at radius 1 is 1.32 bits per heavy atom. The van der Waals surface area contributed by atoms with Gasteiger partial charge in [-0.15, -0.1) is 11.6 Å². The molecule has 0 radical (unpaired) electrons. The van der Waals surface area contributed by atoms with Crippen LogP contribution in [-0.2, 0) is 17.6 Å². The van der Waals surface area contributed by atoms with Crippen molar-refractivity contribution in [3.8, 4) is 11.5 Å². The third-order valence-corrected chi connectivity index (χ3v) is 4.40. The second kappa shape index (κ2) is 5.65. The Labute approximate surface area is 134 Å². The van der Waals surface area contributed by atoms with E-state index in [0.717, 1.165) is 22.9 Å². The smallest absolute Gasteiger partial charge is 0.338 e. The molecule has 1 unspecified atom stereocenters. The molecule has 22 heavy (non-hydrogen) atoms. The van der Waals surface area contributed by atoms with Gasteiger partial charge < -0.3 is 9.84 Å². The molecule has 1 aliphatic carbocycles. The minimum Gasteiger partial charge on any atom is -0.507 e. The van der Waals surface area contributed by atoms with Crippen molar-refractivity contribution < 1.29 is 14.6 Å². The van der Waals surface area contributed by atoms with Crippen molar-refractivity contribution in [2.45, 2.75) is 31.6 Å². The van der Waals surface area contributed by atoms with E-state index in [-0.39, 0.29) is 11.1 Å². The monoisotopic (exact) mass is 316 g/mol. The number of halogens is 1. The normalized spacial score (nSPS) is 17.1. The van der Waals surface area contributed by atoms with E-state index in [4.69, 9.17) is 16.3 Å². The van der Waals surface area contributed by atoms with E-state index in [0.29, 0.717) is 29.6 Å². The summed E-state index contributed by atoms with van der Waals surface area (Å²) in [4.78, 5) is 12.0. The lowest BCUT2D eigenvalue weighted by molar-refractivity contribution is -0.130. The molecule has 1 aliphatic rings. The van der Waals surface area contributed by atoms with Gasteiger partial charge in [-0.05, 0) is 26.2 Å². The van der Waals surface area contributed by atoms with Crippen LogP contribution in [0.25, 0.3) is 10.8 Å². The Morgan fingerprint density at radius 2 is 2.00 bits per heavy atom. The quantitative estimate of drug-likeness (QED) is 0.392. The number of ether oxygens (including phenoxy) is 1. The zero-order chi connectivity index (χ0) is 15.9. The van der Waals surface area contributed by atoms with Gasteiger partial charge in [-0.3, -0.25) is 0 Å². The van der Waals surface area contributed by atoms with E-state index in [1.54, 1.807) is 6.92 Å². The molecule has 3 rings (SSSR count). The highest BCUT2D eigenvalue weighted by Gasteiger charge is 2.27. The summed E-state index contributed by atoms with van der Waals surface area (Å²) in [6.07, 6.45) is 2.06. The zero-order valence-electron chi connectivity index (χ0n) is 12.4. The number of phenols is 1. The Bertz CT molecular complexity index is 779. The van der Waals surface area contributed by atoms with Crippen LogP contribution in [0.1, 0.15) is 24.5 Å². The van der Waals surface area contributed by atoms with Gasteiger partial charge in [-0.2, -0.15) is 0 Å². The lowest BCUT2D eigenvalue weighted by Gasteiger charge is -2.25. The van der Waals surface area contributed by atoms with Gasteiger partial charge in [-0.25, -0.2) is 4.79 Å². The van der Waals surface area contributed by atoms with E-state index in [9.17, 15) is 9.90 Å². The molecular formula is C18H17ClO3. The number of carbonyl (C=O) groups is 1. The molecule has 3 nitrogen and oxygen atoms in total. The Hall–Kier alpha value is -2.00. The van der Waals surface area contributed by atoms with E-state index >= 15 is 0 Å². The topological polar surface area (TPSA) is 46.5 Å². The number of hydrogen-bond acceptors (Lipinski definition) is 3. The highest BCUT2D eigenvalue weighted by atomic mass is 35.5. The minimum absolute atomic E-state index is 0.0182. The number of fused-ring (bicyclic) bond motifs is 2. The van der Waals surface area contributed by atoms with Crippen LogP contribution in [0.4, 0.5) is 0 Å². The van der Waals surface area contributed by atoms with Crippen LogP contribution in [0.15, 0.2) is 36.4 Å². The summed E-state index contributed by atoms with van der Waals surface area (Å²) in [6.45, 7) is 5.24. The fourth-order valence-electron chi connectivity index (χ4n) is 2.90. The molecule has 4 heteroatoms. The third-order valence-electron chi connectivity index (χ3n) is 4.03. The van der Waals surface area contributed by atoms with Crippen molar-refractivity contribution in [3.63, 3.8) is 0 Å². The van der Waals surface area contributed by atoms with Gasteiger partial charge in [0.15, 0.2) is 0 Å². The molecule has 0 aliphatic heterocycles. The number of hydrogen-bond donors (Lipinski definition) is 1. The van der Waals surface area contributed by atoms with E-state index in [1.165, 1.54) is 0 Å². The standard InChI is InChI=1S/C18H17ClO3/c1-10(2)18(21)22-17-14-6-4-3-5-12(14)16(20)13-8-7-11(19)9-15(13)17/h3-6,11,20H,1,7-9H2,2H3. The number of esters is 1. The molecule has 0 heterocycles. The average Bonchev–Trinajstić information content (AvgIpc) is 2.51. The summed E-state index contributed by atoms with van der Waals surface area (Å²) < 4.78 is 5.58. The Morgan fingerprint density at radius 3 is 2.68 bits per heavy atom. The van der Waals surface area contributed by atoms with Crippen molar-refractivity contribution in [1.82, 2.24) is 0 Å². The van der Waals surface area contributed by atoms with Crippen LogP contribution in [0.3, 0.4) is 0 Å². The molecule has 0 saturated carbocycles. The highest BCUT2D eigenvalue weighted by molar-refractivity contribution is 6.21. The van der Waals surface area contributed by atoms with Gasteiger partial charge in [0.1, 0.15) is 11.5 Å². The first kappa shape index (κ1) is 14.9. The molecule has 0 amide bonds. The molecule has 0 bridgehead atoms. The predicted octanol–water partition coefficient (Wildman–Crippen LogP) is 4.12. The molecule has 0 saturated heterocycles. The first-order valence-corrected chi connectivity index (χ1v) is 7.70. The van der Waals surface area contributed by atoms with Crippen molar-refractivity contribution >= 4 is 28.3 Å². The SMILES string of the molecule is C=C(C)C(=O)Oc1c2c(c(O)c3ccccc13)CCC(Cl)C2. The van der Waals surface area contributed by atoms with Gasteiger partial charge in [0.25, 0.3) is 0 Å². The van der Waals surface area contributed by atoms with Crippen LogP contribution in [0.2, 0.25) is 0 Å². The van der Waals surface area contributed by atoms with Crippen molar-refractivity contribution in [2.75, 3.05) is 0 Å². The molecule has 2 aromatic carbocycles. The molecule has 1 atom stereocenters. The van der Waals surface area contributed by atoms with E-state index in [1.807, 2.05) is 24.3 Å². The summed E-state index contributed by atoms with van der Waals surface area (Å²) in [6, 6.07) is 7.38. The molecule has 0 aromatic heterocycles. The predicted molar refractivity (Wildman–Crippen MR) is 87.7 cm³/mol. The number of alkyl halides is 1. The molecule has 1 N–H and O–H groups in total. The van der Waals surface area contributed by atoms with Crippen LogP contribution in [0, 0.1) is 0 Å². The van der Waals surface area contributed by atoms with Crippen LogP contribution < -0.4 is 4.74 Å². The summed E-state index contributed by atoms with van der Waals surface area (Å²) in [5.41, 5.74) is 2.00. The summed E-state index contributed by atoms with van der Waals surface area (Å²) in [7, 11) is 0. The fourth-order valence-corrected chi connectivity index (χ4v) is 3.16. The maximum atomic E-state index is 12.0. The lowest BCUT2D eigenvalue weighted by Crippen LogP contribution is -2.18. The number of aromatic hydroxyl groups is 1. The number of benzene rings is 2. The Kier molecular flexibility index (Phi) is 3.83. The minimum atomic E-state index is -0.463. The molecular weight excluding hydrogens is 300 g/mol. The number of rotatable bonds is 2. The summed E-state index contributed by atoms with van der Waals surface area (Å²) in [5, 5.41) is 11.9. The van der Waals surface area contributed by atoms with Crippen LogP contribution >= 0.6 is 11.6 Å². The average molecular weight is 317 g/mol. The van der Waals surface area contributed by atoms with Gasteiger partial charge in [0.2, 0.25) is 0 Å². The largest absolute Gasteiger partial charge is 0.507 e. The second-order valence-electron chi connectivity index (χ2n) is 5.69. The Balaban J connectivity index is 2.27. The van der Waals surface area contributed by atoms with Gasteiger partial charge in [0.05, 0.1) is 0 Å². The van der Waals surface area contributed by atoms with Crippen LogP contribution in [0.5, 0.6) is 11.5 Å². The van der Waals surface area contributed by atoms with E-state index in [2.05, 4.69) is 6.58 Å². The summed E-state index contributed by atoms with van der Waals surface area (Å²) >= 11 is 6.28. The molecule has 114 valence electrons. The first-order valence-electron chi connectivity index (χ1n) is 7.26. The lowest BCUT2D eigenvalue weighted by atomic mass is 9.87.